The predicted molar refractivity (Wildman–Crippen MR) is 122 cm³/mol. The highest BCUT2D eigenvalue weighted by Crippen LogP contribution is 2.16. The average molecular weight is 421 g/mol. The van der Waals surface area contributed by atoms with Gasteiger partial charge >= 0.3 is 0 Å². The van der Waals surface area contributed by atoms with E-state index in [0.717, 1.165) is 17.1 Å². The molecule has 0 aliphatic heterocycles. The van der Waals surface area contributed by atoms with Crippen molar-refractivity contribution < 1.29 is 9.53 Å². The number of ether oxygens (including phenoxy) is 1. The van der Waals surface area contributed by atoms with Crippen LogP contribution < -0.4 is 15.4 Å². The summed E-state index contributed by atoms with van der Waals surface area (Å²) in [6.45, 7) is 1.57. The van der Waals surface area contributed by atoms with Crippen LogP contribution in [-0.2, 0) is 6.54 Å². The molecule has 0 bridgehead atoms. The molecule has 0 radical (unpaired) electrons. The number of nitrogens with one attached hydrogen (secondary N) is 3. The fourth-order valence-electron chi connectivity index (χ4n) is 3.11. The summed E-state index contributed by atoms with van der Waals surface area (Å²) in [6.07, 6.45) is 1.84. The van der Waals surface area contributed by atoms with E-state index in [1.807, 2.05) is 48.5 Å². The summed E-state index contributed by atoms with van der Waals surface area (Å²) >= 11 is 0. The van der Waals surface area contributed by atoms with Crippen molar-refractivity contribution in [3.05, 3.63) is 72.2 Å². The van der Waals surface area contributed by atoms with E-state index in [1.54, 1.807) is 38.4 Å². The first-order chi connectivity index (χ1) is 15.1. The molecular formula is C23H28N6O2. The summed E-state index contributed by atoms with van der Waals surface area (Å²) in [7, 11) is 5.24. The van der Waals surface area contributed by atoms with Crippen molar-refractivity contribution in [1.29, 1.82) is 0 Å². The summed E-state index contributed by atoms with van der Waals surface area (Å²) < 4.78 is 5.16. The van der Waals surface area contributed by atoms with Crippen LogP contribution in [0.1, 0.15) is 16.2 Å². The fourth-order valence-corrected chi connectivity index (χ4v) is 3.11. The summed E-state index contributed by atoms with van der Waals surface area (Å²) in [5, 5.41) is 6.14. The molecule has 0 aliphatic carbocycles. The molecule has 0 saturated carbocycles. The molecule has 31 heavy (non-hydrogen) atoms. The van der Waals surface area contributed by atoms with Crippen LogP contribution in [-0.4, -0.2) is 61.0 Å². The molecule has 0 atom stereocenters. The Morgan fingerprint density at radius 2 is 1.90 bits per heavy atom. The molecule has 1 heterocycles. The van der Waals surface area contributed by atoms with Gasteiger partial charge in [0.1, 0.15) is 11.6 Å². The number of amides is 1. The molecule has 0 unspecified atom stereocenters. The second-order valence-corrected chi connectivity index (χ2v) is 6.93. The lowest BCUT2D eigenvalue weighted by atomic mass is 10.2. The number of aromatic amines is 1. The number of imidazole rings is 1. The lowest BCUT2D eigenvalue weighted by molar-refractivity contribution is 0.0954. The average Bonchev–Trinajstić information content (AvgIpc) is 3.28. The van der Waals surface area contributed by atoms with Gasteiger partial charge in [0.2, 0.25) is 0 Å². The van der Waals surface area contributed by atoms with Gasteiger partial charge in [0.25, 0.3) is 5.91 Å². The van der Waals surface area contributed by atoms with Crippen molar-refractivity contribution in [3.8, 4) is 17.0 Å². The smallest absolute Gasteiger partial charge is 0.251 e. The maximum absolute atomic E-state index is 12.3. The van der Waals surface area contributed by atoms with Gasteiger partial charge in [-0.3, -0.25) is 9.79 Å². The highest BCUT2D eigenvalue weighted by Gasteiger charge is 2.10. The third kappa shape index (κ3) is 6.08. The zero-order valence-corrected chi connectivity index (χ0v) is 18.1. The third-order valence-corrected chi connectivity index (χ3v) is 4.70. The molecule has 0 spiro atoms. The number of aliphatic imine (C=N–C) groups is 1. The lowest BCUT2D eigenvalue weighted by Crippen LogP contribution is -2.42. The molecule has 8 nitrogen and oxygen atoms in total. The minimum absolute atomic E-state index is 0.145. The van der Waals surface area contributed by atoms with Gasteiger partial charge in [0.05, 0.1) is 25.5 Å². The fraction of sp³-hybridized carbons (Fsp3) is 0.261. The predicted octanol–water partition coefficient (Wildman–Crippen LogP) is 2.52. The maximum Gasteiger partial charge on any atom is 0.251 e. The monoisotopic (exact) mass is 420 g/mol. The van der Waals surface area contributed by atoms with Crippen LogP contribution in [0, 0.1) is 0 Å². The molecule has 1 amide bonds. The van der Waals surface area contributed by atoms with E-state index >= 15 is 0 Å². The van der Waals surface area contributed by atoms with Gasteiger partial charge in [-0.1, -0.05) is 36.4 Å². The van der Waals surface area contributed by atoms with E-state index in [0.29, 0.717) is 36.9 Å². The number of rotatable bonds is 8. The van der Waals surface area contributed by atoms with Gasteiger partial charge in [-0.05, 0) is 23.8 Å². The molecule has 3 rings (SSSR count). The molecule has 162 valence electrons. The molecule has 3 N–H and O–H groups in total. The van der Waals surface area contributed by atoms with Gasteiger partial charge in [-0.15, -0.1) is 0 Å². The zero-order chi connectivity index (χ0) is 22.1. The van der Waals surface area contributed by atoms with E-state index in [1.165, 1.54) is 0 Å². The topological polar surface area (TPSA) is 94.6 Å². The molecular weight excluding hydrogens is 392 g/mol. The minimum atomic E-state index is -0.145. The maximum atomic E-state index is 12.3. The van der Waals surface area contributed by atoms with Crippen molar-refractivity contribution in [2.45, 2.75) is 6.54 Å². The zero-order valence-electron chi connectivity index (χ0n) is 18.1. The summed E-state index contributed by atoms with van der Waals surface area (Å²) in [5.74, 6) is 2.07. The van der Waals surface area contributed by atoms with Crippen molar-refractivity contribution in [2.24, 2.45) is 4.99 Å². The first kappa shape index (κ1) is 21.9. The van der Waals surface area contributed by atoms with E-state index in [9.17, 15) is 4.79 Å². The number of hydrogen-bond donors (Lipinski definition) is 3. The normalized spacial score (nSPS) is 11.1. The standard InChI is InChI=1S/C23H28N6O2/c1-24-23(26-13-12-25-22(30)18-10-7-11-19(14-18)31-3)29(2)16-21-27-15-20(28-21)17-8-5-4-6-9-17/h4-11,14-15H,12-13,16H2,1-3H3,(H,24,26)(H,25,30)(H,27,28). The lowest BCUT2D eigenvalue weighted by Gasteiger charge is -2.21. The van der Waals surface area contributed by atoms with Gasteiger partial charge in [-0.2, -0.15) is 0 Å². The summed E-state index contributed by atoms with van der Waals surface area (Å²) in [4.78, 5) is 26.4. The SMILES string of the molecule is CN=C(NCCNC(=O)c1cccc(OC)c1)N(C)Cc1ncc(-c2ccccc2)[nH]1. The van der Waals surface area contributed by atoms with E-state index < -0.39 is 0 Å². The number of methoxy groups -OCH3 is 1. The molecule has 2 aromatic carbocycles. The van der Waals surface area contributed by atoms with Crippen molar-refractivity contribution in [1.82, 2.24) is 25.5 Å². The van der Waals surface area contributed by atoms with E-state index in [2.05, 4.69) is 25.6 Å². The van der Waals surface area contributed by atoms with E-state index in [-0.39, 0.29) is 5.91 Å². The van der Waals surface area contributed by atoms with Gasteiger partial charge < -0.3 is 25.3 Å². The Bertz CT molecular complexity index is 1020. The van der Waals surface area contributed by atoms with Crippen LogP contribution in [0.25, 0.3) is 11.3 Å². The first-order valence-corrected chi connectivity index (χ1v) is 10.0. The highest BCUT2D eigenvalue weighted by molar-refractivity contribution is 5.94. The Morgan fingerprint density at radius 1 is 1.13 bits per heavy atom. The van der Waals surface area contributed by atoms with Crippen LogP contribution in [0.4, 0.5) is 0 Å². The van der Waals surface area contributed by atoms with Crippen LogP contribution >= 0.6 is 0 Å². The Kier molecular flexibility index (Phi) is 7.64. The number of H-pyrrole nitrogens is 1. The number of carbonyl (C=O) groups is 1. The summed E-state index contributed by atoms with van der Waals surface area (Å²) in [6, 6.07) is 17.1. The van der Waals surface area contributed by atoms with Gasteiger partial charge in [-0.25, -0.2) is 4.98 Å². The van der Waals surface area contributed by atoms with Crippen LogP contribution in [0.2, 0.25) is 0 Å². The quantitative estimate of drug-likeness (QED) is 0.296. The van der Waals surface area contributed by atoms with E-state index in [4.69, 9.17) is 4.74 Å². The molecule has 8 heteroatoms. The highest BCUT2D eigenvalue weighted by atomic mass is 16.5. The Morgan fingerprint density at radius 3 is 2.65 bits per heavy atom. The summed E-state index contributed by atoms with van der Waals surface area (Å²) in [5.41, 5.74) is 2.64. The first-order valence-electron chi connectivity index (χ1n) is 10.0. The number of hydrogen-bond acceptors (Lipinski definition) is 4. The molecule has 0 fully saturated rings. The Labute approximate surface area is 182 Å². The van der Waals surface area contributed by atoms with Crippen molar-refractivity contribution in [3.63, 3.8) is 0 Å². The number of benzene rings is 2. The second kappa shape index (κ2) is 10.8. The van der Waals surface area contributed by atoms with Crippen LogP contribution in [0.3, 0.4) is 0 Å². The third-order valence-electron chi connectivity index (χ3n) is 4.70. The molecule has 0 saturated heterocycles. The van der Waals surface area contributed by atoms with Gasteiger partial charge in [0.15, 0.2) is 5.96 Å². The van der Waals surface area contributed by atoms with Crippen LogP contribution in [0.5, 0.6) is 5.75 Å². The van der Waals surface area contributed by atoms with Crippen LogP contribution in [0.15, 0.2) is 65.8 Å². The second-order valence-electron chi connectivity index (χ2n) is 6.93. The molecule has 3 aromatic rings. The van der Waals surface area contributed by atoms with Gasteiger partial charge in [0, 0.05) is 32.7 Å². The number of aromatic nitrogens is 2. The number of carbonyl (C=O) groups excluding carboxylic acids is 1. The number of nitrogens with zero attached hydrogens (tertiary/aromatic N) is 3. The molecule has 0 aliphatic rings. The minimum Gasteiger partial charge on any atom is -0.497 e. The van der Waals surface area contributed by atoms with Crippen molar-refractivity contribution in [2.75, 3.05) is 34.3 Å². The number of guanidine groups is 1. The Balaban J connectivity index is 1.46. The largest absolute Gasteiger partial charge is 0.497 e. The Hall–Kier alpha value is -3.81. The molecule has 1 aromatic heterocycles. The van der Waals surface area contributed by atoms with Crippen molar-refractivity contribution >= 4 is 11.9 Å².